The van der Waals surface area contributed by atoms with Crippen LogP contribution in [0.1, 0.15) is 27.8 Å². The second kappa shape index (κ2) is 16.6. The highest BCUT2D eigenvalue weighted by Crippen LogP contribution is 2.45. The summed E-state index contributed by atoms with van der Waals surface area (Å²) in [5.41, 5.74) is 6.72. The van der Waals surface area contributed by atoms with Crippen LogP contribution in [0.4, 0.5) is 13.2 Å². The summed E-state index contributed by atoms with van der Waals surface area (Å²) in [5, 5.41) is 20.4. The average Bonchev–Trinajstić information content (AvgIpc) is 3.65. The quantitative estimate of drug-likeness (QED) is 0.0829. The number of alkyl halides is 3. The van der Waals surface area contributed by atoms with Crippen LogP contribution < -0.4 is 19.9 Å². The lowest BCUT2D eigenvalue weighted by Gasteiger charge is -2.27. The summed E-state index contributed by atoms with van der Waals surface area (Å²) in [7, 11) is -0.552. The van der Waals surface area contributed by atoms with Gasteiger partial charge in [-0.1, -0.05) is 66.7 Å². The predicted octanol–water partition coefficient (Wildman–Crippen LogP) is 6.97. The Bertz CT molecular complexity index is 2350. The molecule has 6 rings (SSSR count). The zero-order valence-electron chi connectivity index (χ0n) is 30.6. The smallest absolute Gasteiger partial charge is 0.417 e. The van der Waals surface area contributed by atoms with E-state index in [2.05, 4.69) is 15.4 Å². The van der Waals surface area contributed by atoms with E-state index in [9.17, 15) is 0 Å². The Labute approximate surface area is 321 Å². The molecule has 3 N–H and O–H groups in total. The Hall–Kier alpha value is -6.26. The Kier molecular flexibility index (Phi) is 11.7. The van der Waals surface area contributed by atoms with Crippen LogP contribution in [0.25, 0.3) is 22.5 Å². The van der Waals surface area contributed by atoms with Gasteiger partial charge in [-0.3, -0.25) is 5.41 Å². The lowest BCUT2D eigenvalue weighted by atomic mass is 9.95. The van der Waals surface area contributed by atoms with Crippen LogP contribution in [0.5, 0.6) is 17.2 Å². The number of hydrogen-bond donors (Lipinski definition) is 2. The number of nitrogens with one attached hydrogen (secondary N) is 1. The van der Waals surface area contributed by atoms with Crippen LogP contribution in [0.2, 0.25) is 0 Å². The van der Waals surface area contributed by atoms with Gasteiger partial charge in [-0.15, -0.1) is 10.2 Å². The number of rotatable bonds is 15. The van der Waals surface area contributed by atoms with Crippen LogP contribution in [-0.2, 0) is 42.3 Å². The molecule has 0 aliphatic rings. The van der Waals surface area contributed by atoms with Gasteiger partial charge in [0.25, 0.3) is 0 Å². The maximum Gasteiger partial charge on any atom is 0.417 e. The summed E-state index contributed by atoms with van der Waals surface area (Å²) >= 11 is 0. The molecule has 0 aliphatic heterocycles. The number of ether oxygens (including phenoxy) is 3. The first-order valence-corrected chi connectivity index (χ1v) is 18.6. The lowest BCUT2D eigenvalue weighted by Crippen LogP contribution is -2.32. The van der Waals surface area contributed by atoms with Gasteiger partial charge in [-0.25, -0.2) is 8.42 Å². The minimum atomic E-state index is -5.12. The molecule has 0 radical (unpaired) electrons. The highest BCUT2D eigenvalue weighted by Gasteiger charge is 2.43. The standard InChI is InChI=1S/C40H38F3N7O5S/c1-53-31-14-6-27(7-15-31)23-49(24-28-8-16-32(54-2)17-9-28)56(51,52)38-35(40(41,42)43)21-20-34(30-12-4-26(5-13-30)22-36(44)45)37(38)39-46-48-50(47-39)25-29-10-18-33(55-3)19-11-29/h4-21H,22-25H2,1-3H3,(H3,44,45). The third kappa shape index (κ3) is 8.98. The normalized spacial score (nSPS) is 11.8. The molecular weight excluding hydrogens is 748 g/mol. The number of nitrogens with two attached hydrogens (primary N) is 1. The highest BCUT2D eigenvalue weighted by molar-refractivity contribution is 7.89. The number of methoxy groups -OCH3 is 3. The van der Waals surface area contributed by atoms with Gasteiger partial charge in [0.15, 0.2) is 0 Å². The van der Waals surface area contributed by atoms with Gasteiger partial charge in [-0.05, 0) is 81.1 Å². The van der Waals surface area contributed by atoms with Crippen molar-refractivity contribution in [2.24, 2.45) is 5.73 Å². The summed E-state index contributed by atoms with van der Waals surface area (Å²) in [6, 6.07) is 28.7. The Morgan fingerprint density at radius 3 is 1.68 bits per heavy atom. The summed E-state index contributed by atoms with van der Waals surface area (Å²) in [5.74, 6) is 1.25. The van der Waals surface area contributed by atoms with Crippen LogP contribution in [0.3, 0.4) is 0 Å². The van der Waals surface area contributed by atoms with E-state index in [0.29, 0.717) is 39.5 Å². The molecule has 0 bridgehead atoms. The first-order chi connectivity index (χ1) is 26.8. The van der Waals surface area contributed by atoms with Crippen molar-refractivity contribution in [2.45, 2.75) is 37.1 Å². The molecule has 0 fully saturated rings. The Morgan fingerprint density at radius 1 is 0.732 bits per heavy atom. The topological polar surface area (TPSA) is 159 Å². The average molecular weight is 786 g/mol. The molecule has 0 amide bonds. The van der Waals surface area contributed by atoms with Gasteiger partial charge >= 0.3 is 6.18 Å². The second-order valence-electron chi connectivity index (χ2n) is 12.7. The Balaban J connectivity index is 1.57. The third-order valence-electron chi connectivity index (χ3n) is 8.92. The molecule has 12 nitrogen and oxygen atoms in total. The van der Waals surface area contributed by atoms with Crippen molar-refractivity contribution >= 4 is 15.9 Å². The number of benzene rings is 5. The molecule has 0 saturated heterocycles. The van der Waals surface area contributed by atoms with Gasteiger partial charge in [0.1, 0.15) is 22.1 Å². The zero-order valence-corrected chi connectivity index (χ0v) is 31.4. The molecule has 5 aromatic carbocycles. The second-order valence-corrected chi connectivity index (χ2v) is 14.6. The van der Waals surface area contributed by atoms with Crippen molar-refractivity contribution in [2.75, 3.05) is 21.3 Å². The van der Waals surface area contributed by atoms with Gasteiger partial charge in [-0.2, -0.15) is 22.3 Å². The van der Waals surface area contributed by atoms with Crippen molar-refractivity contribution in [3.05, 3.63) is 137 Å². The van der Waals surface area contributed by atoms with Gasteiger partial charge in [0.2, 0.25) is 15.8 Å². The maximum absolute atomic E-state index is 15.2. The SMILES string of the molecule is COc1ccc(CN(Cc2ccc(OC)cc2)S(=O)(=O)c2c(C(F)(F)F)ccc(-c3ccc(CC(=N)N)cc3)c2-c2nnn(Cc3ccc(OC)cc3)n2)cc1. The fraction of sp³-hybridized carbons (Fsp3) is 0.200. The van der Waals surface area contributed by atoms with Crippen LogP contribution in [0.15, 0.2) is 114 Å². The van der Waals surface area contributed by atoms with Gasteiger partial charge < -0.3 is 19.9 Å². The maximum atomic E-state index is 15.2. The third-order valence-corrected chi connectivity index (χ3v) is 10.8. The number of aromatic nitrogens is 4. The van der Waals surface area contributed by atoms with Crippen LogP contribution in [-0.4, -0.2) is 60.1 Å². The van der Waals surface area contributed by atoms with E-state index >= 15 is 21.6 Å². The fourth-order valence-electron chi connectivity index (χ4n) is 6.09. The summed E-state index contributed by atoms with van der Waals surface area (Å²) < 4.78 is 92.8. The van der Waals surface area contributed by atoms with E-state index in [-0.39, 0.29) is 48.8 Å². The zero-order chi connectivity index (χ0) is 40.0. The molecule has 56 heavy (non-hydrogen) atoms. The monoisotopic (exact) mass is 785 g/mol. The fourth-order valence-corrected chi connectivity index (χ4v) is 7.90. The molecule has 6 aromatic rings. The molecule has 0 aliphatic carbocycles. The predicted molar refractivity (Wildman–Crippen MR) is 204 cm³/mol. The van der Waals surface area contributed by atoms with E-state index in [1.165, 1.54) is 32.2 Å². The number of hydrogen-bond acceptors (Lipinski definition) is 9. The largest absolute Gasteiger partial charge is 0.497 e. The van der Waals surface area contributed by atoms with Crippen LogP contribution in [0, 0.1) is 5.41 Å². The van der Waals surface area contributed by atoms with Crippen molar-refractivity contribution < 1.29 is 35.8 Å². The van der Waals surface area contributed by atoms with Gasteiger partial charge in [0, 0.05) is 19.5 Å². The molecule has 0 unspecified atom stereocenters. The van der Waals surface area contributed by atoms with Crippen molar-refractivity contribution in [1.29, 1.82) is 5.41 Å². The minimum absolute atomic E-state index is 0.0761. The van der Waals surface area contributed by atoms with Crippen molar-refractivity contribution in [1.82, 2.24) is 24.5 Å². The molecule has 0 spiro atoms. The molecule has 1 heterocycles. The Morgan fingerprint density at radius 2 is 1.21 bits per heavy atom. The van der Waals surface area contributed by atoms with Gasteiger partial charge in [0.05, 0.1) is 44.8 Å². The summed E-state index contributed by atoms with van der Waals surface area (Å²) in [6.07, 6.45) is -4.97. The first kappa shape index (κ1) is 39.4. The van der Waals surface area contributed by atoms with E-state index in [4.69, 9.17) is 25.4 Å². The molecule has 0 saturated carbocycles. The number of tetrazole rings is 1. The molecule has 1 aromatic heterocycles. The number of sulfonamides is 1. The van der Waals surface area contributed by atoms with E-state index in [1.807, 2.05) is 0 Å². The summed E-state index contributed by atoms with van der Waals surface area (Å²) in [4.78, 5) is 0.154. The van der Waals surface area contributed by atoms with Crippen LogP contribution >= 0.6 is 0 Å². The van der Waals surface area contributed by atoms with E-state index in [1.54, 1.807) is 97.1 Å². The molecular formula is C40H38F3N7O5S. The number of nitrogens with zero attached hydrogens (tertiary/aromatic N) is 5. The lowest BCUT2D eigenvalue weighted by molar-refractivity contribution is -0.139. The van der Waals surface area contributed by atoms with E-state index < -0.39 is 26.7 Å². The summed E-state index contributed by atoms with van der Waals surface area (Å²) in [6.45, 7) is -0.512. The minimum Gasteiger partial charge on any atom is -0.497 e. The van der Waals surface area contributed by atoms with Crippen molar-refractivity contribution in [3.8, 4) is 39.8 Å². The molecule has 16 heteroatoms. The van der Waals surface area contributed by atoms with Crippen molar-refractivity contribution in [3.63, 3.8) is 0 Å². The van der Waals surface area contributed by atoms with E-state index in [0.717, 1.165) is 15.9 Å². The first-order valence-electron chi connectivity index (χ1n) is 17.1. The molecule has 0 atom stereocenters. The number of amidine groups is 1. The number of halogens is 3. The molecule has 290 valence electrons. The highest BCUT2D eigenvalue weighted by atomic mass is 32.2.